The molecule has 0 fully saturated rings. The molecule has 0 aliphatic carbocycles. The minimum absolute atomic E-state index is 0. The highest BCUT2D eigenvalue weighted by atomic mass is 35.5. The number of amides is 1. The van der Waals surface area contributed by atoms with Crippen LogP contribution < -0.4 is 5.32 Å². The van der Waals surface area contributed by atoms with Crippen molar-refractivity contribution < 1.29 is 9.53 Å². The van der Waals surface area contributed by atoms with Crippen LogP contribution in [-0.4, -0.2) is 18.6 Å². The highest BCUT2D eigenvalue weighted by molar-refractivity contribution is 5.97. The van der Waals surface area contributed by atoms with E-state index in [0.29, 0.717) is 13.0 Å². The summed E-state index contributed by atoms with van der Waals surface area (Å²) in [5.74, 6) is -0.0258. The van der Waals surface area contributed by atoms with Gasteiger partial charge in [-0.05, 0) is 18.1 Å². The van der Waals surface area contributed by atoms with Gasteiger partial charge in [0.05, 0.1) is 0 Å². The average Bonchev–Trinajstić information content (AvgIpc) is 2.26. The van der Waals surface area contributed by atoms with Gasteiger partial charge in [-0.1, -0.05) is 25.1 Å². The number of benzene rings is 1. The fourth-order valence-corrected chi connectivity index (χ4v) is 1.72. The van der Waals surface area contributed by atoms with Gasteiger partial charge >= 0.3 is 0 Å². The lowest BCUT2D eigenvalue weighted by Gasteiger charge is -2.24. The molecular weight excluding hydrogens is 226 g/mol. The maximum Gasteiger partial charge on any atom is 0.253 e. The van der Waals surface area contributed by atoms with Gasteiger partial charge in [0.1, 0.15) is 6.10 Å². The molecule has 0 bridgehead atoms. The van der Waals surface area contributed by atoms with Crippen molar-refractivity contribution in [1.82, 2.24) is 0 Å². The number of carbonyl (C=O) groups is 1. The van der Waals surface area contributed by atoms with E-state index in [1.54, 1.807) is 0 Å². The lowest BCUT2D eigenvalue weighted by molar-refractivity contribution is -0.127. The number of nitrogens with one attached hydrogen (secondary N) is 1. The molecule has 88 valence electrons. The lowest BCUT2D eigenvalue weighted by atomic mass is 10.0. The number of anilines is 1. The molecule has 1 amide bonds. The predicted octanol–water partition coefficient (Wildman–Crippen LogP) is 2.40. The Bertz CT molecular complexity index is 368. The molecule has 16 heavy (non-hydrogen) atoms. The molecule has 1 N–H and O–H groups in total. The number of rotatable bonds is 3. The van der Waals surface area contributed by atoms with E-state index in [2.05, 4.69) is 5.32 Å². The maximum absolute atomic E-state index is 11.6. The van der Waals surface area contributed by atoms with Crippen molar-refractivity contribution in [3.05, 3.63) is 29.8 Å². The molecule has 1 unspecified atom stereocenters. The highest BCUT2D eigenvalue weighted by Crippen LogP contribution is 2.23. The summed E-state index contributed by atoms with van der Waals surface area (Å²) in [7, 11) is 0. The first-order valence-corrected chi connectivity index (χ1v) is 5.31. The van der Waals surface area contributed by atoms with Gasteiger partial charge in [0.25, 0.3) is 5.91 Å². The van der Waals surface area contributed by atoms with Crippen molar-refractivity contribution in [3.63, 3.8) is 0 Å². The van der Waals surface area contributed by atoms with Gasteiger partial charge in [0, 0.05) is 18.7 Å². The molecule has 0 spiro atoms. The van der Waals surface area contributed by atoms with E-state index >= 15 is 0 Å². The molecular formula is C12H16ClNO2. The van der Waals surface area contributed by atoms with Crippen molar-refractivity contribution >= 4 is 24.0 Å². The Morgan fingerprint density at radius 3 is 2.94 bits per heavy atom. The summed E-state index contributed by atoms with van der Waals surface area (Å²) >= 11 is 0. The second-order valence-corrected chi connectivity index (χ2v) is 3.71. The van der Waals surface area contributed by atoms with Crippen LogP contribution in [0.1, 0.15) is 18.9 Å². The third kappa shape index (κ3) is 2.74. The minimum Gasteiger partial charge on any atom is -0.368 e. The van der Waals surface area contributed by atoms with Gasteiger partial charge in [-0.25, -0.2) is 0 Å². The molecule has 1 aromatic rings. The van der Waals surface area contributed by atoms with E-state index in [-0.39, 0.29) is 24.4 Å². The zero-order chi connectivity index (χ0) is 10.7. The second kappa shape index (κ2) is 5.87. The molecule has 1 heterocycles. The zero-order valence-corrected chi connectivity index (χ0v) is 10.0. The summed E-state index contributed by atoms with van der Waals surface area (Å²) in [6.07, 6.45) is 1.30. The molecule has 2 rings (SSSR count). The topological polar surface area (TPSA) is 38.3 Å². The van der Waals surface area contributed by atoms with Crippen LogP contribution in [0.15, 0.2) is 24.3 Å². The summed E-state index contributed by atoms with van der Waals surface area (Å²) in [5, 5.41) is 2.85. The first-order chi connectivity index (χ1) is 7.31. The average molecular weight is 242 g/mol. The second-order valence-electron chi connectivity index (χ2n) is 3.71. The molecule has 3 nitrogen and oxygen atoms in total. The van der Waals surface area contributed by atoms with E-state index in [0.717, 1.165) is 17.7 Å². The van der Waals surface area contributed by atoms with Crippen LogP contribution in [0.25, 0.3) is 0 Å². The molecule has 1 aliphatic heterocycles. The van der Waals surface area contributed by atoms with Crippen LogP contribution in [-0.2, 0) is 16.0 Å². The van der Waals surface area contributed by atoms with Gasteiger partial charge in [0.2, 0.25) is 0 Å². The minimum atomic E-state index is -0.320. The zero-order valence-electron chi connectivity index (χ0n) is 9.23. The Kier molecular flexibility index (Phi) is 4.77. The number of para-hydroxylation sites is 1. The first-order valence-electron chi connectivity index (χ1n) is 5.31. The molecule has 4 heteroatoms. The summed E-state index contributed by atoms with van der Waals surface area (Å²) in [6.45, 7) is 2.68. The lowest BCUT2D eigenvalue weighted by Crippen LogP contribution is -2.36. The third-order valence-electron chi connectivity index (χ3n) is 2.50. The van der Waals surface area contributed by atoms with Crippen LogP contribution in [0.3, 0.4) is 0 Å². The monoisotopic (exact) mass is 241 g/mol. The highest BCUT2D eigenvalue weighted by Gasteiger charge is 2.25. The van der Waals surface area contributed by atoms with Crippen molar-refractivity contribution in [3.8, 4) is 0 Å². The van der Waals surface area contributed by atoms with Gasteiger partial charge in [-0.15, -0.1) is 12.4 Å². The van der Waals surface area contributed by atoms with Crippen molar-refractivity contribution in [2.75, 3.05) is 11.9 Å². The Labute approximate surface area is 102 Å². The summed E-state index contributed by atoms with van der Waals surface area (Å²) in [4.78, 5) is 11.6. The Hall–Kier alpha value is -1.06. The van der Waals surface area contributed by atoms with Gasteiger partial charge < -0.3 is 10.1 Å². The molecule has 1 atom stereocenters. The van der Waals surface area contributed by atoms with Crippen LogP contribution >= 0.6 is 12.4 Å². The molecule has 0 saturated heterocycles. The van der Waals surface area contributed by atoms with E-state index < -0.39 is 0 Å². The van der Waals surface area contributed by atoms with Crippen LogP contribution in [0.2, 0.25) is 0 Å². The van der Waals surface area contributed by atoms with E-state index in [9.17, 15) is 4.79 Å². The number of hydrogen-bond donors (Lipinski definition) is 1. The summed E-state index contributed by atoms with van der Waals surface area (Å²) in [5.41, 5.74) is 2.07. The Morgan fingerprint density at radius 1 is 1.44 bits per heavy atom. The summed E-state index contributed by atoms with van der Waals surface area (Å²) < 4.78 is 5.49. The van der Waals surface area contributed by atoms with Crippen LogP contribution in [0.4, 0.5) is 5.69 Å². The van der Waals surface area contributed by atoms with Crippen LogP contribution in [0, 0.1) is 0 Å². The summed E-state index contributed by atoms with van der Waals surface area (Å²) in [6, 6.07) is 7.85. The Balaban J connectivity index is 0.00000128. The van der Waals surface area contributed by atoms with Crippen molar-refractivity contribution in [1.29, 1.82) is 0 Å². The molecule has 0 radical (unpaired) electrons. The van der Waals surface area contributed by atoms with E-state index in [1.165, 1.54) is 0 Å². The smallest absolute Gasteiger partial charge is 0.253 e. The molecule has 0 saturated carbocycles. The van der Waals surface area contributed by atoms with Crippen molar-refractivity contribution in [2.45, 2.75) is 25.9 Å². The number of carbonyl (C=O) groups excluding carboxylic acids is 1. The fourth-order valence-electron chi connectivity index (χ4n) is 1.72. The fraction of sp³-hybridized carbons (Fsp3) is 0.417. The van der Waals surface area contributed by atoms with Gasteiger partial charge in [-0.3, -0.25) is 4.79 Å². The standard InChI is InChI=1S/C12H15NO2.ClH/c1-2-7-15-11-8-9-5-3-4-6-10(9)13-12(11)14;/h3-6,11H,2,7-8H2,1H3,(H,13,14);1H. The Morgan fingerprint density at radius 2 is 2.19 bits per heavy atom. The normalized spacial score (nSPS) is 18.3. The molecule has 0 aromatic heterocycles. The molecule has 1 aliphatic rings. The van der Waals surface area contributed by atoms with Gasteiger partial charge in [-0.2, -0.15) is 0 Å². The maximum atomic E-state index is 11.6. The number of fused-ring (bicyclic) bond motifs is 1. The largest absolute Gasteiger partial charge is 0.368 e. The number of halogens is 1. The third-order valence-corrected chi connectivity index (χ3v) is 2.50. The number of hydrogen-bond acceptors (Lipinski definition) is 2. The van der Waals surface area contributed by atoms with Crippen LogP contribution in [0.5, 0.6) is 0 Å². The van der Waals surface area contributed by atoms with E-state index in [4.69, 9.17) is 4.74 Å². The SMILES string of the molecule is CCCOC1Cc2ccccc2NC1=O.Cl. The van der Waals surface area contributed by atoms with Gasteiger partial charge in [0.15, 0.2) is 0 Å². The van der Waals surface area contributed by atoms with E-state index in [1.807, 2.05) is 31.2 Å². The van der Waals surface area contributed by atoms with Crippen molar-refractivity contribution in [2.24, 2.45) is 0 Å². The quantitative estimate of drug-likeness (QED) is 0.883. The molecule has 1 aromatic carbocycles. The first kappa shape index (κ1) is 13.0. The predicted molar refractivity (Wildman–Crippen MR) is 66.1 cm³/mol. The number of ether oxygens (including phenoxy) is 1.